The largest absolute Gasteiger partial charge is 1.00 e. The molecule has 0 atom stereocenters. The van der Waals surface area contributed by atoms with Gasteiger partial charge in [0.1, 0.15) is 5.75 Å². The van der Waals surface area contributed by atoms with E-state index in [4.69, 9.17) is 4.74 Å². The normalized spacial score (nSPS) is 16.8. The monoisotopic (exact) mass is 296 g/mol. The standard InChI is InChI=1S/C13H17BF3O.K/c1-10-9-12(7-8-13(10)14(15,16)17)18-11-5-3-2-4-6-11;/h7-9,11H,2-6H2,1H3;/q-1;+1. The van der Waals surface area contributed by atoms with Crippen molar-refractivity contribution in [3.8, 4) is 5.75 Å². The molecule has 0 N–H and O–H groups in total. The zero-order valence-electron chi connectivity index (χ0n) is 11.5. The van der Waals surface area contributed by atoms with Gasteiger partial charge in [0.15, 0.2) is 0 Å². The van der Waals surface area contributed by atoms with E-state index in [-0.39, 0.29) is 63.1 Å². The van der Waals surface area contributed by atoms with E-state index in [0.29, 0.717) is 5.75 Å². The van der Waals surface area contributed by atoms with Crippen LogP contribution in [0.3, 0.4) is 0 Å². The smallest absolute Gasteiger partial charge is 0.490 e. The van der Waals surface area contributed by atoms with Crippen molar-refractivity contribution in [1.29, 1.82) is 0 Å². The molecule has 1 aromatic rings. The van der Waals surface area contributed by atoms with E-state index >= 15 is 0 Å². The molecule has 1 nitrogen and oxygen atoms in total. The van der Waals surface area contributed by atoms with Crippen LogP contribution in [0.2, 0.25) is 0 Å². The molecule has 1 aliphatic rings. The predicted molar refractivity (Wildman–Crippen MR) is 67.4 cm³/mol. The van der Waals surface area contributed by atoms with Crippen molar-refractivity contribution in [3.05, 3.63) is 23.8 Å². The van der Waals surface area contributed by atoms with E-state index in [9.17, 15) is 12.9 Å². The van der Waals surface area contributed by atoms with Crippen LogP contribution in [-0.2, 0) is 0 Å². The van der Waals surface area contributed by atoms with E-state index in [0.717, 1.165) is 31.7 Å². The molecule has 0 spiro atoms. The summed E-state index contributed by atoms with van der Waals surface area (Å²) >= 11 is 0. The Kier molecular flexibility index (Phi) is 6.93. The van der Waals surface area contributed by atoms with Gasteiger partial charge in [0.25, 0.3) is 0 Å². The van der Waals surface area contributed by atoms with Gasteiger partial charge >= 0.3 is 58.4 Å². The number of benzene rings is 1. The van der Waals surface area contributed by atoms with Gasteiger partial charge in [-0.15, -0.1) is 5.46 Å². The maximum atomic E-state index is 12.7. The van der Waals surface area contributed by atoms with E-state index in [1.54, 1.807) is 0 Å². The number of ether oxygens (including phenoxy) is 1. The van der Waals surface area contributed by atoms with Gasteiger partial charge in [-0.05, 0) is 44.7 Å². The summed E-state index contributed by atoms with van der Waals surface area (Å²) in [6, 6.07) is 4.07. The third-order valence-electron chi connectivity index (χ3n) is 3.45. The van der Waals surface area contributed by atoms with Crippen LogP contribution >= 0.6 is 0 Å². The van der Waals surface area contributed by atoms with Crippen LogP contribution in [0.4, 0.5) is 12.9 Å². The summed E-state index contributed by atoms with van der Waals surface area (Å²) in [7, 11) is 0. The molecule has 0 aliphatic heterocycles. The zero-order valence-corrected chi connectivity index (χ0v) is 14.6. The molecule has 1 saturated carbocycles. The van der Waals surface area contributed by atoms with Crippen molar-refractivity contribution in [2.75, 3.05) is 0 Å². The van der Waals surface area contributed by atoms with Crippen molar-refractivity contribution < 1.29 is 69.1 Å². The first-order chi connectivity index (χ1) is 8.47. The molecule has 100 valence electrons. The van der Waals surface area contributed by atoms with Crippen LogP contribution in [-0.4, -0.2) is 13.1 Å². The SMILES string of the molecule is Cc1cc(OC2CCCCC2)ccc1[B-](F)(F)F.[K+]. The third-order valence-corrected chi connectivity index (χ3v) is 3.45. The molecule has 6 heteroatoms. The maximum absolute atomic E-state index is 12.7. The fraction of sp³-hybridized carbons (Fsp3) is 0.538. The Morgan fingerprint density at radius 1 is 1.11 bits per heavy atom. The minimum absolute atomic E-state index is 0. The van der Waals surface area contributed by atoms with Gasteiger partial charge in [-0.3, -0.25) is 0 Å². The van der Waals surface area contributed by atoms with Crippen LogP contribution in [0.1, 0.15) is 37.7 Å². The van der Waals surface area contributed by atoms with Crippen molar-refractivity contribution in [2.45, 2.75) is 45.1 Å². The van der Waals surface area contributed by atoms with Gasteiger partial charge < -0.3 is 17.7 Å². The molecule has 1 aliphatic carbocycles. The summed E-state index contributed by atoms with van der Waals surface area (Å²) < 4.78 is 43.7. The van der Waals surface area contributed by atoms with Gasteiger partial charge in [-0.1, -0.05) is 18.1 Å². The second kappa shape index (κ2) is 7.50. The second-order valence-corrected chi connectivity index (χ2v) is 4.97. The summed E-state index contributed by atoms with van der Waals surface area (Å²) in [5, 5.41) is 0. The second-order valence-electron chi connectivity index (χ2n) is 4.97. The molecule has 0 bridgehead atoms. The van der Waals surface area contributed by atoms with E-state index in [2.05, 4.69) is 0 Å². The molecule has 0 radical (unpaired) electrons. The summed E-state index contributed by atoms with van der Waals surface area (Å²) in [6.07, 6.45) is 5.70. The molecular weight excluding hydrogens is 279 g/mol. The van der Waals surface area contributed by atoms with Crippen molar-refractivity contribution in [3.63, 3.8) is 0 Å². The molecule has 0 aromatic heterocycles. The van der Waals surface area contributed by atoms with Crippen LogP contribution in [0.25, 0.3) is 0 Å². The fourth-order valence-electron chi connectivity index (χ4n) is 2.46. The Bertz CT molecular complexity index is 417. The van der Waals surface area contributed by atoms with E-state index in [1.165, 1.54) is 25.5 Å². The summed E-state index contributed by atoms with van der Waals surface area (Å²) in [5.41, 5.74) is -0.276. The first-order valence-corrected chi connectivity index (χ1v) is 6.44. The topological polar surface area (TPSA) is 9.23 Å². The van der Waals surface area contributed by atoms with Crippen LogP contribution < -0.4 is 61.6 Å². The fourth-order valence-corrected chi connectivity index (χ4v) is 2.46. The first-order valence-electron chi connectivity index (χ1n) is 6.44. The Morgan fingerprint density at radius 2 is 1.74 bits per heavy atom. The minimum Gasteiger partial charge on any atom is -0.490 e. The van der Waals surface area contributed by atoms with E-state index < -0.39 is 12.4 Å². The molecule has 1 aromatic carbocycles. The number of aryl methyl sites for hydroxylation is 1. The molecule has 1 fully saturated rings. The summed E-state index contributed by atoms with van der Waals surface area (Å²) in [5.74, 6) is 0.559. The number of hydrogen-bond donors (Lipinski definition) is 0. The van der Waals surface area contributed by atoms with Crippen molar-refractivity contribution in [2.24, 2.45) is 0 Å². The van der Waals surface area contributed by atoms with Crippen LogP contribution in [0.15, 0.2) is 18.2 Å². The third kappa shape index (κ3) is 5.08. The van der Waals surface area contributed by atoms with Gasteiger partial charge in [0, 0.05) is 0 Å². The molecule has 0 heterocycles. The Morgan fingerprint density at radius 3 is 2.26 bits per heavy atom. The number of halogens is 3. The van der Waals surface area contributed by atoms with Gasteiger partial charge in [0.05, 0.1) is 6.10 Å². The van der Waals surface area contributed by atoms with Gasteiger partial charge in [-0.2, -0.15) is 0 Å². The van der Waals surface area contributed by atoms with E-state index in [1.807, 2.05) is 0 Å². The summed E-state index contributed by atoms with van der Waals surface area (Å²) in [4.78, 5) is 0. The average Bonchev–Trinajstić information content (AvgIpc) is 2.28. The predicted octanol–water partition coefficient (Wildman–Crippen LogP) is 0.765. The van der Waals surface area contributed by atoms with Crippen molar-refractivity contribution >= 4 is 12.4 Å². The molecule has 0 saturated heterocycles. The minimum atomic E-state index is -4.93. The Labute approximate surface area is 154 Å². The molecular formula is C13H17BF3KO. The number of hydrogen-bond acceptors (Lipinski definition) is 1. The molecule has 19 heavy (non-hydrogen) atoms. The van der Waals surface area contributed by atoms with Gasteiger partial charge in [-0.25, -0.2) is 0 Å². The Balaban J connectivity index is 0.00000180. The molecule has 0 unspecified atom stereocenters. The molecule has 0 amide bonds. The number of rotatable bonds is 3. The zero-order chi connectivity index (χ0) is 13.2. The van der Waals surface area contributed by atoms with Crippen LogP contribution in [0, 0.1) is 6.92 Å². The first kappa shape index (κ1) is 17.6. The molecule has 2 rings (SSSR count). The Hall–Kier alpha value is 0.511. The quantitative estimate of drug-likeness (QED) is 0.749. The maximum Gasteiger partial charge on any atom is 1.00 e. The van der Waals surface area contributed by atoms with Crippen LogP contribution in [0.5, 0.6) is 5.75 Å². The summed E-state index contributed by atoms with van der Waals surface area (Å²) in [6.45, 7) is -3.44. The van der Waals surface area contributed by atoms with Gasteiger partial charge in [0.2, 0.25) is 0 Å². The average molecular weight is 296 g/mol. The van der Waals surface area contributed by atoms with Crippen molar-refractivity contribution in [1.82, 2.24) is 0 Å².